The molecule has 10 heteroatoms. The fraction of sp³-hybridized carbons (Fsp3) is 0.188. The van der Waals surface area contributed by atoms with Gasteiger partial charge >= 0.3 is 0 Å². The van der Waals surface area contributed by atoms with Crippen LogP contribution in [0.15, 0.2) is 41.3 Å². The second-order valence-electron chi connectivity index (χ2n) is 5.25. The molecule has 0 radical (unpaired) electrons. The molecule has 140 valence electrons. The zero-order valence-electron chi connectivity index (χ0n) is 13.7. The number of carbonyl (C=O) groups excluding carboxylic acids is 1. The first-order valence-corrected chi connectivity index (χ1v) is 9.12. The Balaban J connectivity index is 2.14. The quantitative estimate of drug-likeness (QED) is 0.775. The minimum Gasteiger partial charge on any atom is -0.495 e. The van der Waals surface area contributed by atoms with Crippen molar-refractivity contribution in [2.24, 2.45) is 0 Å². The lowest BCUT2D eigenvalue weighted by atomic mass is 10.2. The third-order valence-corrected chi connectivity index (χ3v) is 5.18. The normalized spacial score (nSPS) is 12.5. The molecule has 6 nitrogen and oxygen atoms in total. The average molecular weight is 405 g/mol. The molecule has 26 heavy (non-hydrogen) atoms. The van der Waals surface area contributed by atoms with Gasteiger partial charge < -0.3 is 10.1 Å². The van der Waals surface area contributed by atoms with Gasteiger partial charge in [-0.25, -0.2) is 17.2 Å². The van der Waals surface area contributed by atoms with Crippen molar-refractivity contribution >= 4 is 33.2 Å². The standard InChI is InChI=1S/C16H15ClF2N2O4S/c1-9(16(22)20-14-7-10(18)3-5-13(14)19)21-26(23,24)11-4-6-15(25-2)12(17)8-11/h3-9,21H,1-2H3,(H,20,22)/t9-/m0/s1. The first-order chi connectivity index (χ1) is 12.1. The summed E-state index contributed by atoms with van der Waals surface area (Å²) in [5.74, 6) is -2.17. The summed E-state index contributed by atoms with van der Waals surface area (Å²) >= 11 is 5.90. The lowest BCUT2D eigenvalue weighted by molar-refractivity contribution is -0.117. The Morgan fingerprint density at radius 2 is 1.88 bits per heavy atom. The Kier molecular flexibility index (Phi) is 6.17. The summed E-state index contributed by atoms with van der Waals surface area (Å²) < 4.78 is 58.5. The Labute approximate surface area is 154 Å². The molecule has 0 bridgehead atoms. The molecule has 2 aromatic rings. The summed E-state index contributed by atoms with van der Waals surface area (Å²) in [6, 6.07) is 5.05. The van der Waals surface area contributed by atoms with Gasteiger partial charge in [-0.3, -0.25) is 4.79 Å². The highest BCUT2D eigenvalue weighted by atomic mass is 35.5. The number of ether oxygens (including phenoxy) is 1. The van der Waals surface area contributed by atoms with Crippen LogP contribution in [-0.4, -0.2) is 27.5 Å². The van der Waals surface area contributed by atoms with Crippen molar-refractivity contribution in [3.05, 3.63) is 53.1 Å². The lowest BCUT2D eigenvalue weighted by Crippen LogP contribution is -2.41. The van der Waals surface area contributed by atoms with Crippen molar-refractivity contribution in [3.63, 3.8) is 0 Å². The molecular weight excluding hydrogens is 390 g/mol. The van der Waals surface area contributed by atoms with Gasteiger partial charge in [-0.2, -0.15) is 4.72 Å². The molecule has 0 aliphatic carbocycles. The summed E-state index contributed by atoms with van der Waals surface area (Å²) in [5, 5.41) is 2.21. The molecule has 2 N–H and O–H groups in total. The predicted molar refractivity (Wildman–Crippen MR) is 92.8 cm³/mol. The zero-order chi connectivity index (χ0) is 19.5. The van der Waals surface area contributed by atoms with Crippen molar-refractivity contribution in [1.29, 1.82) is 0 Å². The van der Waals surface area contributed by atoms with Crippen molar-refractivity contribution in [1.82, 2.24) is 4.72 Å². The van der Waals surface area contributed by atoms with Gasteiger partial charge in [0.15, 0.2) is 0 Å². The Bertz CT molecular complexity index is 938. The fourth-order valence-electron chi connectivity index (χ4n) is 2.00. The monoisotopic (exact) mass is 404 g/mol. The van der Waals surface area contributed by atoms with Crippen molar-refractivity contribution in [3.8, 4) is 5.75 Å². The maximum absolute atomic E-state index is 13.6. The van der Waals surface area contributed by atoms with E-state index in [1.165, 1.54) is 32.2 Å². The molecule has 0 spiro atoms. The van der Waals surface area contributed by atoms with E-state index in [0.717, 1.165) is 18.2 Å². The predicted octanol–water partition coefficient (Wildman–Crippen LogP) is 2.93. The molecule has 1 atom stereocenters. The summed E-state index contributed by atoms with van der Waals surface area (Å²) in [6.45, 7) is 1.26. The molecule has 0 aliphatic heterocycles. The molecule has 0 unspecified atom stereocenters. The summed E-state index contributed by atoms with van der Waals surface area (Å²) in [7, 11) is -2.70. The van der Waals surface area contributed by atoms with E-state index < -0.39 is 39.3 Å². The van der Waals surface area contributed by atoms with Gasteiger partial charge in [-0.15, -0.1) is 0 Å². The number of hydrogen-bond donors (Lipinski definition) is 2. The van der Waals surface area contributed by atoms with Crippen LogP contribution < -0.4 is 14.8 Å². The fourth-order valence-corrected chi connectivity index (χ4v) is 3.55. The smallest absolute Gasteiger partial charge is 0.242 e. The molecule has 0 aliphatic rings. The number of rotatable bonds is 6. The second kappa shape index (κ2) is 7.98. The van der Waals surface area contributed by atoms with E-state index in [1.807, 2.05) is 0 Å². The summed E-state index contributed by atoms with van der Waals surface area (Å²) in [5.41, 5.74) is -0.395. The van der Waals surface area contributed by atoms with E-state index in [2.05, 4.69) is 10.0 Å². The van der Waals surface area contributed by atoms with Gasteiger partial charge in [-0.05, 0) is 37.3 Å². The van der Waals surface area contributed by atoms with Crippen molar-refractivity contribution in [2.75, 3.05) is 12.4 Å². The number of benzene rings is 2. The molecule has 0 aromatic heterocycles. The molecule has 0 saturated carbocycles. The van der Waals surface area contributed by atoms with Gasteiger partial charge in [0.25, 0.3) is 0 Å². The Hall–Kier alpha value is -2.23. The van der Waals surface area contributed by atoms with Gasteiger partial charge in [0.1, 0.15) is 17.4 Å². The van der Waals surface area contributed by atoms with E-state index in [0.29, 0.717) is 0 Å². The van der Waals surface area contributed by atoms with E-state index in [4.69, 9.17) is 16.3 Å². The van der Waals surface area contributed by atoms with Gasteiger partial charge in [-0.1, -0.05) is 11.6 Å². The number of halogens is 3. The minimum absolute atomic E-state index is 0.0781. The lowest BCUT2D eigenvalue weighted by Gasteiger charge is -2.15. The maximum atomic E-state index is 13.6. The molecule has 1 amide bonds. The van der Waals surface area contributed by atoms with Crippen molar-refractivity contribution < 1.29 is 26.7 Å². The van der Waals surface area contributed by atoms with Crippen LogP contribution in [-0.2, 0) is 14.8 Å². The molecule has 2 aromatic carbocycles. The molecule has 0 fully saturated rings. The number of methoxy groups -OCH3 is 1. The number of sulfonamides is 1. The number of carbonyl (C=O) groups is 1. The first-order valence-electron chi connectivity index (χ1n) is 7.26. The maximum Gasteiger partial charge on any atom is 0.242 e. The van der Waals surface area contributed by atoms with Crippen LogP contribution in [0.1, 0.15) is 6.92 Å². The Morgan fingerprint density at radius 1 is 1.19 bits per heavy atom. The zero-order valence-corrected chi connectivity index (χ0v) is 15.3. The van der Waals surface area contributed by atoms with Crippen molar-refractivity contribution in [2.45, 2.75) is 17.9 Å². The third kappa shape index (κ3) is 4.69. The topological polar surface area (TPSA) is 84.5 Å². The van der Waals surface area contributed by atoms with Crippen LogP contribution in [0.25, 0.3) is 0 Å². The second-order valence-corrected chi connectivity index (χ2v) is 7.37. The van der Waals surface area contributed by atoms with Crippen LogP contribution in [0.2, 0.25) is 5.02 Å². The van der Waals surface area contributed by atoms with Crippen LogP contribution >= 0.6 is 11.6 Å². The van der Waals surface area contributed by atoms with Crippen LogP contribution in [0, 0.1) is 11.6 Å². The van der Waals surface area contributed by atoms with Crippen LogP contribution in [0.5, 0.6) is 5.75 Å². The first kappa shape index (κ1) is 20.1. The molecule has 0 heterocycles. The van der Waals surface area contributed by atoms with Crippen LogP contribution in [0.4, 0.5) is 14.5 Å². The van der Waals surface area contributed by atoms with Crippen LogP contribution in [0.3, 0.4) is 0 Å². The Morgan fingerprint density at radius 3 is 2.50 bits per heavy atom. The van der Waals surface area contributed by atoms with Gasteiger partial charge in [0.05, 0.1) is 28.8 Å². The van der Waals surface area contributed by atoms with Gasteiger partial charge in [0, 0.05) is 6.07 Å². The highest BCUT2D eigenvalue weighted by Gasteiger charge is 2.23. The highest BCUT2D eigenvalue weighted by molar-refractivity contribution is 7.89. The number of amides is 1. The SMILES string of the molecule is COc1ccc(S(=O)(=O)N[C@@H](C)C(=O)Nc2cc(F)ccc2F)cc1Cl. The molecule has 2 rings (SSSR count). The number of anilines is 1. The average Bonchev–Trinajstić information content (AvgIpc) is 2.57. The molecule has 0 saturated heterocycles. The minimum atomic E-state index is -4.08. The van der Waals surface area contributed by atoms with E-state index in [1.54, 1.807) is 0 Å². The van der Waals surface area contributed by atoms with E-state index >= 15 is 0 Å². The third-order valence-electron chi connectivity index (χ3n) is 3.35. The largest absolute Gasteiger partial charge is 0.495 e. The van der Waals surface area contributed by atoms with E-state index in [9.17, 15) is 22.0 Å². The summed E-state index contributed by atoms with van der Waals surface area (Å²) in [6.07, 6.45) is 0. The number of nitrogens with one attached hydrogen (secondary N) is 2. The highest BCUT2D eigenvalue weighted by Crippen LogP contribution is 2.27. The number of hydrogen-bond acceptors (Lipinski definition) is 4. The van der Waals surface area contributed by atoms with Gasteiger partial charge in [0.2, 0.25) is 15.9 Å². The summed E-state index contributed by atoms with van der Waals surface area (Å²) in [4.78, 5) is 11.9. The van der Waals surface area contributed by atoms with E-state index in [-0.39, 0.29) is 15.7 Å². The molecular formula is C16H15ClF2N2O4S.